The highest BCUT2D eigenvalue weighted by Gasteiger charge is 2.19. The lowest BCUT2D eigenvalue weighted by Crippen LogP contribution is -2.43. The van der Waals surface area contributed by atoms with E-state index in [-0.39, 0.29) is 18.1 Å². The van der Waals surface area contributed by atoms with Crippen LogP contribution < -0.4 is 10.6 Å². The second-order valence-corrected chi connectivity index (χ2v) is 5.48. The molecule has 0 aliphatic carbocycles. The third-order valence-corrected chi connectivity index (χ3v) is 3.72. The molecule has 2 N–H and O–H groups in total. The van der Waals surface area contributed by atoms with Crippen molar-refractivity contribution in [1.82, 2.24) is 15.6 Å². The van der Waals surface area contributed by atoms with Gasteiger partial charge in [-0.25, -0.2) is 9.78 Å². The highest BCUT2D eigenvalue weighted by Crippen LogP contribution is 2.18. The van der Waals surface area contributed by atoms with E-state index >= 15 is 0 Å². The second-order valence-electron chi connectivity index (χ2n) is 4.21. The average molecular weight is 255 g/mol. The zero-order valence-corrected chi connectivity index (χ0v) is 10.8. The van der Waals surface area contributed by atoms with Crippen LogP contribution in [0.4, 0.5) is 4.79 Å². The molecule has 17 heavy (non-hydrogen) atoms. The van der Waals surface area contributed by atoms with Gasteiger partial charge in [-0.05, 0) is 20.3 Å². The first-order valence-electron chi connectivity index (χ1n) is 5.72. The first-order chi connectivity index (χ1) is 8.15. The zero-order valence-electron chi connectivity index (χ0n) is 10.0. The maximum atomic E-state index is 11.7. The van der Waals surface area contributed by atoms with Gasteiger partial charge in [-0.3, -0.25) is 0 Å². The van der Waals surface area contributed by atoms with E-state index in [4.69, 9.17) is 4.74 Å². The fraction of sp³-hybridized carbons (Fsp3) is 0.636. The summed E-state index contributed by atoms with van der Waals surface area (Å²) in [6.07, 6.45) is 2.71. The van der Waals surface area contributed by atoms with Crippen LogP contribution in [0.2, 0.25) is 0 Å². The minimum absolute atomic E-state index is 0.0592. The van der Waals surface area contributed by atoms with Crippen LogP contribution in [0.15, 0.2) is 6.20 Å². The van der Waals surface area contributed by atoms with E-state index in [1.807, 2.05) is 20.0 Å². The number of aryl methyl sites for hydroxylation is 1. The predicted molar refractivity (Wildman–Crippen MR) is 66.2 cm³/mol. The summed E-state index contributed by atoms with van der Waals surface area (Å²) in [5.41, 5.74) is 0. The smallest absolute Gasteiger partial charge is 0.315 e. The number of urea groups is 1. The molecule has 2 unspecified atom stereocenters. The molecule has 1 aliphatic heterocycles. The Kier molecular flexibility index (Phi) is 3.96. The summed E-state index contributed by atoms with van der Waals surface area (Å²) in [6.45, 7) is 5.27. The van der Waals surface area contributed by atoms with Gasteiger partial charge < -0.3 is 15.4 Å². The van der Waals surface area contributed by atoms with Crippen LogP contribution >= 0.6 is 11.3 Å². The lowest BCUT2D eigenvalue weighted by Gasteiger charge is -2.15. The summed E-state index contributed by atoms with van der Waals surface area (Å²) in [4.78, 5) is 17.1. The van der Waals surface area contributed by atoms with Gasteiger partial charge in [0.25, 0.3) is 0 Å². The van der Waals surface area contributed by atoms with Gasteiger partial charge in [0.2, 0.25) is 0 Å². The van der Waals surface area contributed by atoms with E-state index in [1.165, 1.54) is 0 Å². The topological polar surface area (TPSA) is 63.2 Å². The van der Waals surface area contributed by atoms with Crippen molar-refractivity contribution in [3.05, 3.63) is 16.1 Å². The summed E-state index contributed by atoms with van der Waals surface area (Å²) < 4.78 is 5.20. The number of hydrogen-bond acceptors (Lipinski definition) is 4. The number of rotatable bonds is 3. The molecule has 0 spiro atoms. The van der Waals surface area contributed by atoms with Crippen LogP contribution in [0.5, 0.6) is 0 Å². The Hall–Kier alpha value is -1.14. The van der Waals surface area contributed by atoms with Crippen molar-refractivity contribution in [3.63, 3.8) is 0 Å². The van der Waals surface area contributed by atoms with Crippen LogP contribution in [-0.2, 0) is 4.74 Å². The molecule has 1 fully saturated rings. The number of thiazole rings is 1. The summed E-state index contributed by atoms with van der Waals surface area (Å²) in [5.74, 6) is 0. The number of nitrogens with one attached hydrogen (secondary N) is 2. The van der Waals surface area contributed by atoms with Crippen LogP contribution in [0.25, 0.3) is 0 Å². The Labute approximate surface area is 105 Å². The third kappa shape index (κ3) is 3.41. The zero-order chi connectivity index (χ0) is 12.3. The monoisotopic (exact) mass is 255 g/mol. The normalized spacial score (nSPS) is 21.2. The SMILES string of the molecule is Cc1cnc(C(C)NC(=O)NC2CCOC2)s1. The molecule has 94 valence electrons. The summed E-state index contributed by atoms with van der Waals surface area (Å²) in [5, 5.41) is 6.70. The van der Waals surface area contributed by atoms with E-state index < -0.39 is 0 Å². The molecule has 0 aromatic carbocycles. The number of hydrogen-bond donors (Lipinski definition) is 2. The van der Waals surface area contributed by atoms with Crippen molar-refractivity contribution in [1.29, 1.82) is 0 Å². The van der Waals surface area contributed by atoms with E-state index in [9.17, 15) is 4.79 Å². The van der Waals surface area contributed by atoms with Crippen molar-refractivity contribution < 1.29 is 9.53 Å². The van der Waals surface area contributed by atoms with Gasteiger partial charge in [-0.1, -0.05) is 0 Å². The molecule has 1 aromatic heterocycles. The second kappa shape index (κ2) is 5.46. The van der Waals surface area contributed by atoms with Gasteiger partial charge >= 0.3 is 6.03 Å². The van der Waals surface area contributed by atoms with Gasteiger partial charge in [0.15, 0.2) is 0 Å². The maximum absolute atomic E-state index is 11.7. The van der Waals surface area contributed by atoms with Crippen molar-refractivity contribution in [2.75, 3.05) is 13.2 Å². The summed E-state index contributed by atoms with van der Waals surface area (Å²) >= 11 is 1.60. The molecule has 1 saturated heterocycles. The Balaban J connectivity index is 1.81. The maximum Gasteiger partial charge on any atom is 0.315 e. The lowest BCUT2D eigenvalue weighted by molar-refractivity contribution is 0.188. The number of aromatic nitrogens is 1. The minimum Gasteiger partial charge on any atom is -0.379 e. The quantitative estimate of drug-likeness (QED) is 0.862. The fourth-order valence-corrected chi connectivity index (χ4v) is 2.48. The molecule has 6 heteroatoms. The van der Waals surface area contributed by atoms with Crippen LogP contribution in [0.3, 0.4) is 0 Å². The molecular formula is C11H17N3O2S. The lowest BCUT2D eigenvalue weighted by atomic mass is 10.3. The van der Waals surface area contributed by atoms with Gasteiger partial charge in [-0.2, -0.15) is 0 Å². The Morgan fingerprint density at radius 3 is 3.12 bits per heavy atom. The van der Waals surface area contributed by atoms with Crippen LogP contribution in [-0.4, -0.2) is 30.3 Å². The molecule has 0 bridgehead atoms. The number of amides is 2. The highest BCUT2D eigenvalue weighted by molar-refractivity contribution is 7.11. The molecule has 1 aliphatic rings. The van der Waals surface area contributed by atoms with Gasteiger partial charge in [0.05, 0.1) is 18.7 Å². The Morgan fingerprint density at radius 2 is 2.53 bits per heavy atom. The first-order valence-corrected chi connectivity index (χ1v) is 6.54. The van der Waals surface area contributed by atoms with Gasteiger partial charge in [-0.15, -0.1) is 11.3 Å². The third-order valence-electron chi connectivity index (χ3n) is 2.62. The molecule has 0 radical (unpaired) electrons. The predicted octanol–water partition coefficient (Wildman–Crippen LogP) is 1.60. The average Bonchev–Trinajstić information content (AvgIpc) is 2.89. The van der Waals surface area contributed by atoms with Crippen LogP contribution in [0, 0.1) is 6.92 Å². The molecule has 2 amide bonds. The van der Waals surface area contributed by atoms with Crippen molar-refractivity contribution in [2.24, 2.45) is 0 Å². The van der Waals surface area contributed by atoms with Crippen LogP contribution in [0.1, 0.15) is 29.3 Å². The number of carbonyl (C=O) groups is 1. The minimum atomic E-state index is -0.152. The van der Waals surface area contributed by atoms with Crippen molar-refractivity contribution >= 4 is 17.4 Å². The van der Waals surface area contributed by atoms with Gasteiger partial charge in [0, 0.05) is 17.7 Å². The standard InChI is InChI=1S/C11H17N3O2S/c1-7-5-12-10(17-7)8(2)13-11(15)14-9-3-4-16-6-9/h5,8-9H,3-4,6H2,1-2H3,(H2,13,14,15). The molecule has 2 atom stereocenters. The molecule has 1 aromatic rings. The Morgan fingerprint density at radius 1 is 1.71 bits per heavy atom. The van der Waals surface area contributed by atoms with Gasteiger partial charge in [0.1, 0.15) is 5.01 Å². The van der Waals surface area contributed by atoms with Crippen molar-refractivity contribution in [2.45, 2.75) is 32.4 Å². The summed E-state index contributed by atoms with van der Waals surface area (Å²) in [6, 6.07) is -0.0721. The molecular weight excluding hydrogens is 238 g/mol. The number of nitrogens with zero attached hydrogens (tertiary/aromatic N) is 1. The number of ether oxygens (including phenoxy) is 1. The van der Waals surface area contributed by atoms with E-state index in [2.05, 4.69) is 15.6 Å². The largest absolute Gasteiger partial charge is 0.379 e. The fourth-order valence-electron chi connectivity index (χ4n) is 1.71. The molecule has 5 nitrogen and oxygen atoms in total. The Bertz CT molecular complexity index is 388. The van der Waals surface area contributed by atoms with E-state index in [1.54, 1.807) is 11.3 Å². The van der Waals surface area contributed by atoms with E-state index in [0.717, 1.165) is 22.9 Å². The van der Waals surface area contributed by atoms with E-state index in [0.29, 0.717) is 6.61 Å². The molecule has 0 saturated carbocycles. The highest BCUT2D eigenvalue weighted by atomic mass is 32.1. The number of carbonyl (C=O) groups excluding carboxylic acids is 1. The molecule has 2 rings (SSSR count). The first kappa shape index (κ1) is 12.3. The summed E-state index contributed by atoms with van der Waals surface area (Å²) in [7, 11) is 0. The molecule has 2 heterocycles. The van der Waals surface area contributed by atoms with Crippen molar-refractivity contribution in [3.8, 4) is 0 Å².